The molecule has 0 heterocycles. The second-order valence-corrected chi connectivity index (χ2v) is 5.62. The number of carboxylic acids is 1. The lowest BCUT2D eigenvalue weighted by atomic mass is 10.00. The molecular weight excluding hydrogens is 250 g/mol. The van der Waals surface area contributed by atoms with Crippen molar-refractivity contribution in [1.82, 2.24) is 5.32 Å². The fourth-order valence-electron chi connectivity index (χ4n) is 2.44. The molecule has 2 N–H and O–H groups in total. The molecule has 0 aromatic heterocycles. The highest BCUT2D eigenvalue weighted by atomic mass is 16.4. The first-order valence-corrected chi connectivity index (χ1v) is 7.61. The molecule has 0 fully saturated rings. The first-order chi connectivity index (χ1) is 9.61. The molecule has 20 heavy (non-hydrogen) atoms. The smallest absolute Gasteiger partial charge is 0.303 e. The quantitative estimate of drug-likeness (QED) is 0.688. The lowest BCUT2D eigenvalue weighted by molar-refractivity contribution is -0.137. The van der Waals surface area contributed by atoms with Gasteiger partial charge in [-0.15, -0.1) is 0 Å². The lowest BCUT2D eigenvalue weighted by Gasteiger charge is -2.21. The van der Waals surface area contributed by atoms with E-state index in [2.05, 4.69) is 31.3 Å². The molecule has 2 unspecified atom stereocenters. The van der Waals surface area contributed by atoms with Gasteiger partial charge in [0.15, 0.2) is 0 Å². The number of aliphatic carboxylic acids is 1. The van der Waals surface area contributed by atoms with E-state index in [1.807, 2.05) is 18.2 Å². The van der Waals surface area contributed by atoms with Crippen LogP contribution in [-0.2, 0) is 11.2 Å². The Kier molecular flexibility index (Phi) is 7.97. The summed E-state index contributed by atoms with van der Waals surface area (Å²) in [5.41, 5.74) is 1.26. The zero-order valence-corrected chi connectivity index (χ0v) is 12.6. The summed E-state index contributed by atoms with van der Waals surface area (Å²) in [7, 11) is 0. The van der Waals surface area contributed by atoms with Gasteiger partial charge in [0.25, 0.3) is 0 Å². The molecule has 0 radical (unpaired) electrons. The minimum Gasteiger partial charge on any atom is -0.481 e. The average molecular weight is 277 g/mol. The van der Waals surface area contributed by atoms with E-state index in [9.17, 15) is 4.79 Å². The number of rotatable bonds is 10. The Labute approximate surface area is 122 Å². The van der Waals surface area contributed by atoms with Crippen LogP contribution in [0.25, 0.3) is 0 Å². The van der Waals surface area contributed by atoms with Crippen LogP contribution < -0.4 is 5.32 Å². The summed E-state index contributed by atoms with van der Waals surface area (Å²) in [5.74, 6) is -0.0745. The highest BCUT2D eigenvalue weighted by molar-refractivity contribution is 5.66. The predicted octanol–water partition coefficient (Wildman–Crippen LogP) is 3.49. The molecule has 0 aliphatic rings. The van der Waals surface area contributed by atoms with Crippen LogP contribution in [0.3, 0.4) is 0 Å². The minimum absolute atomic E-state index is 0.229. The Morgan fingerprint density at radius 1 is 1.25 bits per heavy atom. The fourth-order valence-corrected chi connectivity index (χ4v) is 2.44. The van der Waals surface area contributed by atoms with Gasteiger partial charge in [-0.25, -0.2) is 0 Å². The second kappa shape index (κ2) is 9.54. The zero-order chi connectivity index (χ0) is 14.8. The van der Waals surface area contributed by atoms with Gasteiger partial charge in [0, 0.05) is 12.5 Å². The van der Waals surface area contributed by atoms with Crippen molar-refractivity contribution in [3.8, 4) is 0 Å². The van der Waals surface area contributed by atoms with Crippen molar-refractivity contribution >= 4 is 5.97 Å². The maximum absolute atomic E-state index is 10.8. The van der Waals surface area contributed by atoms with Crippen molar-refractivity contribution in [2.75, 3.05) is 6.54 Å². The third-order valence-electron chi connectivity index (χ3n) is 3.57. The van der Waals surface area contributed by atoms with E-state index in [0.29, 0.717) is 12.3 Å². The molecule has 1 aromatic carbocycles. The first-order valence-electron chi connectivity index (χ1n) is 7.61. The largest absolute Gasteiger partial charge is 0.481 e. The SMILES string of the molecule is CCCC(C)CNC(CCC(=O)O)Cc1ccccc1. The number of hydrogen-bond donors (Lipinski definition) is 2. The summed E-state index contributed by atoms with van der Waals surface area (Å²) in [4.78, 5) is 10.8. The van der Waals surface area contributed by atoms with Crippen LogP contribution in [-0.4, -0.2) is 23.7 Å². The van der Waals surface area contributed by atoms with Crippen LogP contribution in [0.5, 0.6) is 0 Å². The van der Waals surface area contributed by atoms with Crippen LogP contribution in [0.4, 0.5) is 0 Å². The van der Waals surface area contributed by atoms with Gasteiger partial charge in [0.1, 0.15) is 0 Å². The summed E-state index contributed by atoms with van der Waals surface area (Å²) in [6.07, 6.45) is 4.22. The summed E-state index contributed by atoms with van der Waals surface area (Å²) < 4.78 is 0. The van der Waals surface area contributed by atoms with E-state index in [0.717, 1.165) is 13.0 Å². The Hall–Kier alpha value is -1.35. The molecule has 0 saturated heterocycles. The third-order valence-corrected chi connectivity index (χ3v) is 3.57. The van der Waals surface area contributed by atoms with Crippen molar-refractivity contribution < 1.29 is 9.90 Å². The van der Waals surface area contributed by atoms with Crippen LogP contribution in [0.2, 0.25) is 0 Å². The van der Waals surface area contributed by atoms with Gasteiger partial charge in [-0.3, -0.25) is 4.79 Å². The maximum Gasteiger partial charge on any atom is 0.303 e. The number of carboxylic acid groups (broad SMARTS) is 1. The van der Waals surface area contributed by atoms with Crippen LogP contribution >= 0.6 is 0 Å². The molecule has 3 nitrogen and oxygen atoms in total. The molecule has 0 bridgehead atoms. The Morgan fingerprint density at radius 2 is 1.95 bits per heavy atom. The Bertz CT molecular complexity index is 378. The normalized spacial score (nSPS) is 13.9. The number of benzene rings is 1. The molecule has 112 valence electrons. The maximum atomic E-state index is 10.8. The molecule has 0 saturated carbocycles. The van der Waals surface area contributed by atoms with Gasteiger partial charge < -0.3 is 10.4 Å². The van der Waals surface area contributed by atoms with Crippen molar-refractivity contribution in [3.63, 3.8) is 0 Å². The predicted molar refractivity (Wildman–Crippen MR) is 82.9 cm³/mol. The summed E-state index contributed by atoms with van der Waals surface area (Å²) in [6, 6.07) is 10.5. The van der Waals surface area contributed by atoms with Crippen LogP contribution in [0.15, 0.2) is 30.3 Å². The van der Waals surface area contributed by atoms with Crippen LogP contribution in [0, 0.1) is 5.92 Å². The van der Waals surface area contributed by atoms with E-state index < -0.39 is 5.97 Å². The van der Waals surface area contributed by atoms with E-state index >= 15 is 0 Å². The van der Waals surface area contributed by atoms with Crippen molar-refractivity contribution in [3.05, 3.63) is 35.9 Å². The Morgan fingerprint density at radius 3 is 2.55 bits per heavy atom. The summed E-state index contributed by atoms with van der Waals surface area (Å²) in [6.45, 7) is 5.40. The van der Waals surface area contributed by atoms with Gasteiger partial charge >= 0.3 is 5.97 Å². The minimum atomic E-state index is -0.716. The lowest BCUT2D eigenvalue weighted by Crippen LogP contribution is -2.35. The average Bonchev–Trinajstić information content (AvgIpc) is 2.43. The molecule has 1 aromatic rings. The monoisotopic (exact) mass is 277 g/mol. The van der Waals surface area contributed by atoms with Gasteiger partial charge in [0.2, 0.25) is 0 Å². The number of carbonyl (C=O) groups is 1. The van der Waals surface area contributed by atoms with Gasteiger partial charge in [-0.1, -0.05) is 50.6 Å². The topological polar surface area (TPSA) is 49.3 Å². The highest BCUT2D eigenvalue weighted by Gasteiger charge is 2.12. The van der Waals surface area contributed by atoms with E-state index in [4.69, 9.17) is 5.11 Å². The molecule has 0 amide bonds. The second-order valence-electron chi connectivity index (χ2n) is 5.62. The fraction of sp³-hybridized carbons (Fsp3) is 0.588. The molecule has 0 aliphatic carbocycles. The zero-order valence-electron chi connectivity index (χ0n) is 12.6. The van der Waals surface area contributed by atoms with Crippen molar-refractivity contribution in [2.45, 2.75) is 52.0 Å². The standard InChI is InChI=1S/C17H27NO2/c1-3-7-14(2)13-18-16(10-11-17(19)20)12-15-8-5-4-6-9-15/h4-6,8-9,14,16,18H,3,7,10-13H2,1-2H3,(H,19,20). The highest BCUT2D eigenvalue weighted by Crippen LogP contribution is 2.10. The van der Waals surface area contributed by atoms with Gasteiger partial charge in [-0.2, -0.15) is 0 Å². The Balaban J connectivity index is 2.48. The third kappa shape index (κ3) is 7.29. The molecule has 1 rings (SSSR count). The van der Waals surface area contributed by atoms with Gasteiger partial charge in [-0.05, 0) is 37.3 Å². The van der Waals surface area contributed by atoms with Crippen molar-refractivity contribution in [2.24, 2.45) is 5.92 Å². The summed E-state index contributed by atoms with van der Waals surface area (Å²) >= 11 is 0. The van der Waals surface area contributed by atoms with E-state index in [1.54, 1.807) is 0 Å². The van der Waals surface area contributed by atoms with Gasteiger partial charge in [0.05, 0.1) is 0 Å². The molecule has 3 heteroatoms. The molecule has 2 atom stereocenters. The molecule has 0 aliphatic heterocycles. The number of hydrogen-bond acceptors (Lipinski definition) is 2. The van der Waals surface area contributed by atoms with Crippen LogP contribution in [0.1, 0.15) is 45.1 Å². The number of nitrogens with one attached hydrogen (secondary N) is 1. The van der Waals surface area contributed by atoms with E-state index in [-0.39, 0.29) is 12.5 Å². The first kappa shape index (κ1) is 16.7. The molecular formula is C17H27NO2. The molecule has 0 spiro atoms. The van der Waals surface area contributed by atoms with E-state index in [1.165, 1.54) is 18.4 Å². The summed E-state index contributed by atoms with van der Waals surface area (Å²) in [5, 5.41) is 12.4. The van der Waals surface area contributed by atoms with Crippen molar-refractivity contribution in [1.29, 1.82) is 0 Å².